The SMILES string of the molecule is Cc1nn(-c2ncccn2)c(C)c1C(=O)/C=C/N(C)C. The number of ketones is 1. The third-order valence-corrected chi connectivity index (χ3v) is 2.80. The van der Waals surface area contributed by atoms with Gasteiger partial charge in [0.1, 0.15) is 0 Å². The number of hydrogen-bond acceptors (Lipinski definition) is 5. The van der Waals surface area contributed by atoms with Crippen molar-refractivity contribution in [3.05, 3.63) is 47.7 Å². The molecule has 0 fully saturated rings. The maximum absolute atomic E-state index is 12.2. The van der Waals surface area contributed by atoms with E-state index in [1.807, 2.05) is 32.8 Å². The van der Waals surface area contributed by atoms with Crippen LogP contribution in [-0.4, -0.2) is 44.5 Å². The van der Waals surface area contributed by atoms with Crippen molar-refractivity contribution in [3.63, 3.8) is 0 Å². The van der Waals surface area contributed by atoms with Gasteiger partial charge in [-0.15, -0.1) is 0 Å². The Hall–Kier alpha value is -2.50. The number of rotatable bonds is 4. The Kier molecular flexibility index (Phi) is 3.93. The number of allylic oxidation sites excluding steroid dienone is 1. The van der Waals surface area contributed by atoms with Crippen molar-refractivity contribution in [2.45, 2.75) is 13.8 Å². The van der Waals surface area contributed by atoms with Gasteiger partial charge in [0, 0.05) is 38.8 Å². The molecule has 2 aromatic heterocycles. The van der Waals surface area contributed by atoms with Gasteiger partial charge in [-0.1, -0.05) is 0 Å². The van der Waals surface area contributed by atoms with Gasteiger partial charge in [0.25, 0.3) is 5.95 Å². The normalized spacial score (nSPS) is 11.0. The van der Waals surface area contributed by atoms with E-state index in [0.717, 1.165) is 5.69 Å². The number of aryl methyl sites for hydroxylation is 1. The summed E-state index contributed by atoms with van der Waals surface area (Å²) in [4.78, 5) is 22.3. The van der Waals surface area contributed by atoms with Gasteiger partial charge in [0.2, 0.25) is 0 Å². The molecule has 0 aliphatic carbocycles. The minimum atomic E-state index is -0.0733. The molecule has 0 aliphatic rings. The van der Waals surface area contributed by atoms with E-state index in [9.17, 15) is 4.79 Å². The molecule has 6 nitrogen and oxygen atoms in total. The van der Waals surface area contributed by atoms with Gasteiger partial charge in [0.15, 0.2) is 5.78 Å². The van der Waals surface area contributed by atoms with Gasteiger partial charge in [-0.25, -0.2) is 14.6 Å². The lowest BCUT2D eigenvalue weighted by Crippen LogP contribution is -2.06. The number of carbonyl (C=O) groups excluding carboxylic acids is 1. The molecule has 6 heteroatoms. The quantitative estimate of drug-likeness (QED) is 0.623. The van der Waals surface area contributed by atoms with Crippen LogP contribution in [0.1, 0.15) is 21.7 Å². The van der Waals surface area contributed by atoms with Crippen LogP contribution in [0.3, 0.4) is 0 Å². The molecule has 0 N–H and O–H groups in total. The first-order valence-corrected chi connectivity index (χ1v) is 6.23. The van der Waals surface area contributed by atoms with Crippen molar-refractivity contribution < 1.29 is 4.79 Å². The second kappa shape index (κ2) is 5.64. The Morgan fingerprint density at radius 3 is 2.50 bits per heavy atom. The van der Waals surface area contributed by atoms with Crippen molar-refractivity contribution in [2.75, 3.05) is 14.1 Å². The Morgan fingerprint density at radius 1 is 1.25 bits per heavy atom. The predicted octanol–water partition coefficient (Wildman–Crippen LogP) is 1.54. The lowest BCUT2D eigenvalue weighted by molar-refractivity contribution is 0.104. The second-order valence-corrected chi connectivity index (χ2v) is 4.65. The topological polar surface area (TPSA) is 63.9 Å². The molecule has 0 aliphatic heterocycles. The van der Waals surface area contributed by atoms with Crippen LogP contribution in [0.15, 0.2) is 30.7 Å². The molecule has 2 aromatic rings. The van der Waals surface area contributed by atoms with Crippen LogP contribution < -0.4 is 0 Å². The van der Waals surface area contributed by atoms with Crippen LogP contribution >= 0.6 is 0 Å². The van der Waals surface area contributed by atoms with Crippen LogP contribution in [0.4, 0.5) is 0 Å². The van der Waals surface area contributed by atoms with Gasteiger partial charge in [-0.05, 0) is 19.9 Å². The minimum Gasteiger partial charge on any atom is -0.383 e. The van der Waals surface area contributed by atoms with Gasteiger partial charge in [-0.3, -0.25) is 4.79 Å². The Labute approximate surface area is 117 Å². The number of nitrogens with zero attached hydrogens (tertiary/aromatic N) is 5. The first kappa shape index (κ1) is 13.9. The smallest absolute Gasteiger partial charge is 0.250 e. The first-order chi connectivity index (χ1) is 9.50. The molecular formula is C14H17N5O. The molecule has 0 amide bonds. The summed E-state index contributed by atoms with van der Waals surface area (Å²) in [5.41, 5.74) is 2.00. The van der Waals surface area contributed by atoms with Crippen LogP contribution in [0.5, 0.6) is 0 Å². The summed E-state index contributed by atoms with van der Waals surface area (Å²) in [6.07, 6.45) is 6.54. The molecule has 0 saturated heterocycles. The summed E-state index contributed by atoms with van der Waals surface area (Å²) < 4.78 is 1.59. The maximum Gasteiger partial charge on any atom is 0.250 e. The van der Waals surface area contributed by atoms with Crippen molar-refractivity contribution in [1.82, 2.24) is 24.6 Å². The van der Waals surface area contributed by atoms with Gasteiger partial charge in [0.05, 0.1) is 17.0 Å². The zero-order valence-corrected chi connectivity index (χ0v) is 12.0. The molecule has 0 saturated carbocycles. The fourth-order valence-electron chi connectivity index (χ4n) is 1.89. The minimum absolute atomic E-state index is 0.0733. The fraction of sp³-hybridized carbons (Fsp3) is 0.286. The van der Waals surface area contributed by atoms with E-state index in [2.05, 4.69) is 15.1 Å². The van der Waals surface area contributed by atoms with Crippen LogP contribution in [0, 0.1) is 13.8 Å². The molecule has 20 heavy (non-hydrogen) atoms. The molecule has 0 aromatic carbocycles. The number of carbonyl (C=O) groups is 1. The molecule has 0 atom stereocenters. The Balaban J connectivity index is 2.42. The van der Waals surface area contributed by atoms with E-state index in [-0.39, 0.29) is 5.78 Å². The van der Waals surface area contributed by atoms with E-state index >= 15 is 0 Å². The molecule has 104 valence electrons. The highest BCUT2D eigenvalue weighted by Gasteiger charge is 2.18. The third kappa shape index (κ3) is 2.74. The average Bonchev–Trinajstić information content (AvgIpc) is 2.72. The van der Waals surface area contributed by atoms with Crippen molar-refractivity contribution in [2.24, 2.45) is 0 Å². The van der Waals surface area contributed by atoms with E-state index in [1.54, 1.807) is 29.3 Å². The summed E-state index contributed by atoms with van der Waals surface area (Å²) in [6.45, 7) is 3.65. The molecule has 0 radical (unpaired) electrons. The average molecular weight is 271 g/mol. The maximum atomic E-state index is 12.2. The van der Waals surface area contributed by atoms with Crippen LogP contribution in [0.2, 0.25) is 0 Å². The molecule has 0 spiro atoms. The summed E-state index contributed by atoms with van der Waals surface area (Å²) >= 11 is 0. The van der Waals surface area contributed by atoms with Gasteiger partial charge < -0.3 is 4.90 Å². The number of aromatic nitrogens is 4. The monoisotopic (exact) mass is 271 g/mol. The van der Waals surface area contributed by atoms with Crippen molar-refractivity contribution in [1.29, 1.82) is 0 Å². The van der Waals surface area contributed by atoms with Crippen LogP contribution in [0.25, 0.3) is 5.95 Å². The van der Waals surface area contributed by atoms with Crippen LogP contribution in [-0.2, 0) is 0 Å². The molecule has 2 heterocycles. The first-order valence-electron chi connectivity index (χ1n) is 6.23. The lowest BCUT2D eigenvalue weighted by atomic mass is 10.1. The molecule has 0 bridgehead atoms. The predicted molar refractivity (Wildman–Crippen MR) is 75.8 cm³/mol. The van der Waals surface area contributed by atoms with Crippen molar-refractivity contribution in [3.8, 4) is 5.95 Å². The standard InChI is InChI=1S/C14H17N5O/c1-10-13(12(20)6-9-18(3)4)11(2)19(17-10)14-15-7-5-8-16-14/h5-9H,1-4H3/b9-6+. The van der Waals surface area contributed by atoms with E-state index in [1.165, 1.54) is 6.08 Å². The summed E-state index contributed by atoms with van der Waals surface area (Å²) in [7, 11) is 3.73. The largest absolute Gasteiger partial charge is 0.383 e. The zero-order valence-electron chi connectivity index (χ0n) is 12.0. The fourth-order valence-corrected chi connectivity index (χ4v) is 1.89. The number of hydrogen-bond donors (Lipinski definition) is 0. The highest BCUT2D eigenvalue weighted by Crippen LogP contribution is 2.16. The van der Waals surface area contributed by atoms with E-state index in [0.29, 0.717) is 17.2 Å². The van der Waals surface area contributed by atoms with Crippen molar-refractivity contribution >= 4 is 5.78 Å². The second-order valence-electron chi connectivity index (χ2n) is 4.65. The molecule has 0 unspecified atom stereocenters. The lowest BCUT2D eigenvalue weighted by Gasteiger charge is -2.03. The van der Waals surface area contributed by atoms with E-state index < -0.39 is 0 Å². The summed E-state index contributed by atoms with van der Waals surface area (Å²) in [6, 6.07) is 1.74. The zero-order chi connectivity index (χ0) is 14.7. The van der Waals surface area contributed by atoms with Gasteiger partial charge >= 0.3 is 0 Å². The third-order valence-electron chi connectivity index (χ3n) is 2.80. The highest BCUT2D eigenvalue weighted by molar-refractivity contribution is 6.06. The summed E-state index contributed by atoms with van der Waals surface area (Å²) in [5, 5.41) is 4.35. The van der Waals surface area contributed by atoms with Gasteiger partial charge in [-0.2, -0.15) is 5.10 Å². The Bertz CT molecular complexity index is 643. The molecule has 2 rings (SSSR count). The Morgan fingerprint density at radius 2 is 1.90 bits per heavy atom. The summed E-state index contributed by atoms with van der Waals surface area (Å²) in [5.74, 6) is 0.389. The highest BCUT2D eigenvalue weighted by atomic mass is 16.1. The molecular weight excluding hydrogens is 254 g/mol. The van der Waals surface area contributed by atoms with E-state index in [4.69, 9.17) is 0 Å².